The molecule has 102 valence electrons. The molecule has 0 amide bonds. The Hall–Kier alpha value is -2.18. The molecule has 19 heavy (non-hydrogen) atoms. The maximum Gasteiger partial charge on any atom is 0.307 e. The summed E-state index contributed by atoms with van der Waals surface area (Å²) in [4.78, 5) is 15.2. The number of anilines is 1. The van der Waals surface area contributed by atoms with E-state index in [0.29, 0.717) is 12.1 Å². The van der Waals surface area contributed by atoms with E-state index in [1.807, 2.05) is 0 Å². The Balaban J connectivity index is 2.30. The first-order chi connectivity index (χ1) is 9.02. The number of fused-ring (bicyclic) bond motifs is 1. The molecule has 2 aromatic rings. The molecular weight excluding hydrogens is 256 g/mol. The highest BCUT2D eigenvalue weighted by Gasteiger charge is 2.13. The fourth-order valence-corrected chi connectivity index (χ4v) is 1.81. The van der Waals surface area contributed by atoms with Crippen LogP contribution < -0.4 is 5.73 Å². The van der Waals surface area contributed by atoms with Crippen LogP contribution in [-0.4, -0.2) is 22.1 Å². The highest BCUT2D eigenvalue weighted by Crippen LogP contribution is 2.21. The molecule has 0 saturated heterocycles. The minimum atomic E-state index is -0.984. The summed E-state index contributed by atoms with van der Waals surface area (Å²) < 4.78 is 32.5. The van der Waals surface area contributed by atoms with Crippen LogP contribution in [0.15, 0.2) is 12.1 Å². The number of imidazole rings is 1. The van der Waals surface area contributed by atoms with Crippen molar-refractivity contribution in [3.8, 4) is 0 Å². The molecule has 1 aromatic carbocycles. The number of hydrogen-bond donors (Lipinski definition) is 1. The molecule has 0 radical (unpaired) electrons. The van der Waals surface area contributed by atoms with Gasteiger partial charge in [-0.25, -0.2) is 13.8 Å². The number of carbonyl (C=O) groups excluding carboxylic acids is 1. The molecule has 5 nitrogen and oxygen atoms in total. The number of nitrogens with two attached hydrogens (primary N) is 1. The summed E-state index contributed by atoms with van der Waals surface area (Å²) in [7, 11) is 0. The second-order valence-electron chi connectivity index (χ2n) is 3.93. The predicted octanol–water partition coefficient (Wildman–Crippen LogP) is 1.85. The van der Waals surface area contributed by atoms with Gasteiger partial charge in [0.25, 0.3) is 0 Å². The number of carbonyl (C=O) groups is 1. The van der Waals surface area contributed by atoms with E-state index in [2.05, 4.69) is 4.98 Å². The maximum absolute atomic E-state index is 13.2. The summed E-state index contributed by atoms with van der Waals surface area (Å²) in [5, 5.41) is 0. The first kappa shape index (κ1) is 13.3. The largest absolute Gasteiger partial charge is 0.466 e. The quantitative estimate of drug-likeness (QED) is 0.860. The molecule has 7 heteroatoms. The summed E-state index contributed by atoms with van der Waals surface area (Å²) in [5.74, 6) is -2.25. The van der Waals surface area contributed by atoms with Gasteiger partial charge in [-0.05, 0) is 6.92 Å². The van der Waals surface area contributed by atoms with E-state index in [0.717, 1.165) is 12.1 Å². The van der Waals surface area contributed by atoms with Crippen LogP contribution in [0, 0.1) is 11.6 Å². The molecule has 0 fully saturated rings. The number of rotatable bonds is 4. The number of aromatic nitrogens is 2. The average Bonchev–Trinajstić information content (AvgIpc) is 2.63. The van der Waals surface area contributed by atoms with Gasteiger partial charge >= 0.3 is 5.97 Å². The zero-order valence-corrected chi connectivity index (χ0v) is 10.3. The third kappa shape index (κ3) is 2.64. The highest BCUT2D eigenvalue weighted by atomic mass is 19.2. The SMILES string of the molecule is CCOC(=O)CCn1c(N)nc2cc(F)c(F)cc21. The Labute approximate surface area is 108 Å². The van der Waals surface area contributed by atoms with Crippen molar-refractivity contribution in [2.45, 2.75) is 19.9 Å². The predicted molar refractivity (Wildman–Crippen MR) is 65.3 cm³/mol. The first-order valence-electron chi connectivity index (χ1n) is 5.79. The fraction of sp³-hybridized carbons (Fsp3) is 0.333. The highest BCUT2D eigenvalue weighted by molar-refractivity contribution is 5.79. The minimum absolute atomic E-state index is 0.0858. The van der Waals surface area contributed by atoms with E-state index in [4.69, 9.17) is 10.5 Å². The second kappa shape index (κ2) is 5.21. The van der Waals surface area contributed by atoms with E-state index < -0.39 is 11.6 Å². The van der Waals surface area contributed by atoms with Crippen LogP contribution in [-0.2, 0) is 16.1 Å². The van der Waals surface area contributed by atoms with Gasteiger partial charge in [-0.15, -0.1) is 0 Å². The van der Waals surface area contributed by atoms with Crippen LogP contribution in [0.2, 0.25) is 0 Å². The van der Waals surface area contributed by atoms with Gasteiger partial charge in [-0.2, -0.15) is 0 Å². The Morgan fingerprint density at radius 2 is 2.11 bits per heavy atom. The summed E-state index contributed by atoms with van der Waals surface area (Å²) >= 11 is 0. The van der Waals surface area contributed by atoms with Crippen LogP contribution in [0.1, 0.15) is 13.3 Å². The number of aryl methyl sites for hydroxylation is 1. The van der Waals surface area contributed by atoms with Gasteiger partial charge in [-0.3, -0.25) is 4.79 Å². The fourth-order valence-electron chi connectivity index (χ4n) is 1.81. The average molecular weight is 269 g/mol. The van der Waals surface area contributed by atoms with Gasteiger partial charge in [0, 0.05) is 18.7 Å². The third-order valence-corrected chi connectivity index (χ3v) is 2.66. The van der Waals surface area contributed by atoms with Crippen molar-refractivity contribution in [1.82, 2.24) is 9.55 Å². The van der Waals surface area contributed by atoms with E-state index in [-0.39, 0.29) is 30.4 Å². The molecular formula is C12H13F2N3O2. The number of nitrogen functional groups attached to an aromatic ring is 1. The van der Waals surface area contributed by atoms with Gasteiger partial charge in [0.1, 0.15) is 0 Å². The van der Waals surface area contributed by atoms with E-state index in [1.165, 1.54) is 4.57 Å². The van der Waals surface area contributed by atoms with E-state index >= 15 is 0 Å². The zero-order valence-electron chi connectivity index (χ0n) is 10.3. The normalized spacial score (nSPS) is 10.9. The monoisotopic (exact) mass is 269 g/mol. The Morgan fingerprint density at radius 3 is 2.79 bits per heavy atom. The van der Waals surface area contributed by atoms with Crippen molar-refractivity contribution < 1.29 is 18.3 Å². The molecule has 0 aliphatic rings. The number of ether oxygens (including phenoxy) is 1. The Bertz CT molecular complexity index is 625. The Morgan fingerprint density at radius 1 is 1.42 bits per heavy atom. The molecule has 2 N–H and O–H groups in total. The van der Waals surface area contributed by atoms with Crippen LogP contribution in [0.25, 0.3) is 11.0 Å². The third-order valence-electron chi connectivity index (χ3n) is 2.66. The summed E-state index contributed by atoms with van der Waals surface area (Å²) in [5.41, 5.74) is 6.27. The Kier molecular flexibility index (Phi) is 3.64. The van der Waals surface area contributed by atoms with Crippen molar-refractivity contribution in [1.29, 1.82) is 0 Å². The molecule has 0 spiro atoms. The van der Waals surface area contributed by atoms with E-state index in [9.17, 15) is 13.6 Å². The number of nitrogens with zero attached hydrogens (tertiary/aromatic N) is 2. The molecule has 0 bridgehead atoms. The molecule has 2 rings (SSSR count). The summed E-state index contributed by atoms with van der Waals surface area (Å²) in [6.07, 6.45) is 0.0858. The van der Waals surface area contributed by atoms with Crippen molar-refractivity contribution >= 4 is 23.0 Å². The molecule has 1 heterocycles. The van der Waals surface area contributed by atoms with Crippen LogP contribution in [0.3, 0.4) is 0 Å². The molecule has 0 saturated carbocycles. The van der Waals surface area contributed by atoms with Gasteiger partial charge in [0.2, 0.25) is 5.95 Å². The van der Waals surface area contributed by atoms with Gasteiger partial charge < -0.3 is 15.0 Å². The van der Waals surface area contributed by atoms with Gasteiger partial charge in [0.15, 0.2) is 11.6 Å². The smallest absolute Gasteiger partial charge is 0.307 e. The topological polar surface area (TPSA) is 70.1 Å². The van der Waals surface area contributed by atoms with Crippen molar-refractivity contribution in [3.63, 3.8) is 0 Å². The molecule has 1 aromatic heterocycles. The number of halogens is 2. The van der Waals surface area contributed by atoms with Gasteiger partial charge in [0.05, 0.1) is 24.1 Å². The molecule has 0 unspecified atom stereocenters. The lowest BCUT2D eigenvalue weighted by molar-refractivity contribution is -0.143. The first-order valence-corrected chi connectivity index (χ1v) is 5.79. The second-order valence-corrected chi connectivity index (χ2v) is 3.93. The summed E-state index contributed by atoms with van der Waals surface area (Å²) in [6.45, 7) is 2.20. The standard InChI is InChI=1S/C12H13F2N3O2/c1-2-19-11(18)3-4-17-10-6-8(14)7(13)5-9(10)16-12(17)15/h5-6H,2-4H2,1H3,(H2,15,16). The lowest BCUT2D eigenvalue weighted by Crippen LogP contribution is -2.10. The van der Waals surface area contributed by atoms with Crippen LogP contribution in [0.4, 0.5) is 14.7 Å². The van der Waals surface area contributed by atoms with Crippen molar-refractivity contribution in [2.75, 3.05) is 12.3 Å². The number of hydrogen-bond acceptors (Lipinski definition) is 4. The van der Waals surface area contributed by atoms with Crippen molar-refractivity contribution in [2.24, 2.45) is 0 Å². The zero-order chi connectivity index (χ0) is 14.0. The molecule has 0 aliphatic heterocycles. The lowest BCUT2D eigenvalue weighted by atomic mass is 10.3. The van der Waals surface area contributed by atoms with Gasteiger partial charge in [-0.1, -0.05) is 0 Å². The molecule has 0 aliphatic carbocycles. The minimum Gasteiger partial charge on any atom is -0.466 e. The van der Waals surface area contributed by atoms with Crippen LogP contribution >= 0.6 is 0 Å². The lowest BCUT2D eigenvalue weighted by Gasteiger charge is -2.06. The maximum atomic E-state index is 13.2. The number of benzene rings is 1. The van der Waals surface area contributed by atoms with E-state index in [1.54, 1.807) is 6.92 Å². The molecule has 0 atom stereocenters. The number of esters is 1. The van der Waals surface area contributed by atoms with Crippen molar-refractivity contribution in [3.05, 3.63) is 23.8 Å². The van der Waals surface area contributed by atoms with Crippen LogP contribution in [0.5, 0.6) is 0 Å². The summed E-state index contributed by atoms with van der Waals surface area (Å²) in [6, 6.07) is 1.99.